The predicted molar refractivity (Wildman–Crippen MR) is 125 cm³/mol. The summed E-state index contributed by atoms with van der Waals surface area (Å²) in [5, 5.41) is 4.82. The number of benzene rings is 2. The van der Waals surface area contributed by atoms with E-state index in [0.717, 1.165) is 22.3 Å². The molecule has 0 aliphatic heterocycles. The van der Waals surface area contributed by atoms with E-state index in [1.807, 2.05) is 36.4 Å². The van der Waals surface area contributed by atoms with Crippen LogP contribution in [0.25, 0.3) is 11.1 Å². The van der Waals surface area contributed by atoms with Gasteiger partial charge in [0, 0.05) is 11.3 Å². The van der Waals surface area contributed by atoms with Gasteiger partial charge >= 0.3 is 12.1 Å². The zero-order valence-corrected chi connectivity index (χ0v) is 19.7. The molecule has 2 atom stereocenters. The fourth-order valence-corrected chi connectivity index (χ4v) is 5.16. The van der Waals surface area contributed by atoms with Crippen molar-refractivity contribution >= 4 is 39.3 Å². The maximum Gasteiger partial charge on any atom is 0.407 e. The Kier molecular flexibility index (Phi) is 6.88. The fourth-order valence-electron chi connectivity index (χ4n) is 3.86. The quantitative estimate of drug-likeness (QED) is 0.452. The van der Waals surface area contributed by atoms with E-state index < -0.39 is 24.1 Å². The van der Waals surface area contributed by atoms with Crippen LogP contribution in [0.2, 0.25) is 0 Å². The first-order valence-electron chi connectivity index (χ1n) is 10.1. The minimum Gasteiger partial charge on any atom is -0.464 e. The standard InChI is InChI=1S/C23H22BrN3O4S/c1-2-30-22(28)20(19(25)21-26-18(24)12-32-21)27-23(29)31-11-17-15-9-5-3-7-13(15)14-8-4-6-10-16(14)17/h3-10,12,17,19-20H,2,11,25H2,1H3,(H,27,29)/t19-,20-/m0/s1. The number of nitrogens with one attached hydrogen (secondary N) is 1. The lowest BCUT2D eigenvalue weighted by Crippen LogP contribution is -2.49. The van der Waals surface area contributed by atoms with Gasteiger partial charge in [-0.1, -0.05) is 48.5 Å². The van der Waals surface area contributed by atoms with Crippen LogP contribution in [-0.2, 0) is 14.3 Å². The van der Waals surface area contributed by atoms with E-state index in [2.05, 4.69) is 38.4 Å². The number of hydrogen-bond acceptors (Lipinski definition) is 7. The van der Waals surface area contributed by atoms with E-state index in [-0.39, 0.29) is 19.1 Å². The Hall–Kier alpha value is -2.75. The highest BCUT2D eigenvalue weighted by molar-refractivity contribution is 9.10. The fraction of sp³-hybridized carbons (Fsp3) is 0.261. The molecule has 3 aromatic rings. The van der Waals surface area contributed by atoms with E-state index >= 15 is 0 Å². The SMILES string of the molecule is CCOC(=O)[C@@H](NC(=O)OCC1c2ccccc2-c2ccccc21)[C@H](N)c1nc(Br)cs1. The maximum atomic E-state index is 12.7. The zero-order valence-electron chi connectivity index (χ0n) is 17.3. The van der Waals surface area contributed by atoms with Gasteiger partial charge in [0.1, 0.15) is 16.2 Å². The summed E-state index contributed by atoms with van der Waals surface area (Å²) in [4.78, 5) is 29.4. The Bertz CT molecular complexity index is 1090. The highest BCUT2D eigenvalue weighted by atomic mass is 79.9. The van der Waals surface area contributed by atoms with Crippen LogP contribution in [0.5, 0.6) is 0 Å². The topological polar surface area (TPSA) is 104 Å². The van der Waals surface area contributed by atoms with E-state index in [4.69, 9.17) is 15.2 Å². The maximum absolute atomic E-state index is 12.7. The molecule has 32 heavy (non-hydrogen) atoms. The number of amides is 1. The number of hydrogen-bond donors (Lipinski definition) is 2. The summed E-state index contributed by atoms with van der Waals surface area (Å²) in [5.74, 6) is -0.724. The van der Waals surface area contributed by atoms with E-state index in [9.17, 15) is 9.59 Å². The number of alkyl carbamates (subject to hydrolysis) is 1. The molecule has 0 saturated carbocycles. The molecular weight excluding hydrogens is 494 g/mol. The predicted octanol–water partition coefficient (Wildman–Crippen LogP) is 4.38. The molecule has 1 aliphatic rings. The summed E-state index contributed by atoms with van der Waals surface area (Å²) in [6.45, 7) is 1.98. The second kappa shape index (κ2) is 9.81. The second-order valence-electron chi connectivity index (χ2n) is 7.23. The first-order chi connectivity index (χ1) is 15.5. The Morgan fingerprint density at radius 1 is 1.12 bits per heavy atom. The molecule has 166 valence electrons. The van der Waals surface area contributed by atoms with Crippen LogP contribution < -0.4 is 11.1 Å². The molecule has 1 heterocycles. The summed E-state index contributed by atoms with van der Waals surface area (Å²) in [6.07, 6.45) is -0.740. The van der Waals surface area contributed by atoms with Crippen molar-refractivity contribution in [3.8, 4) is 11.1 Å². The lowest BCUT2D eigenvalue weighted by atomic mass is 9.98. The van der Waals surface area contributed by atoms with Crippen molar-refractivity contribution < 1.29 is 19.1 Å². The molecule has 0 radical (unpaired) electrons. The third-order valence-corrected chi connectivity index (χ3v) is 6.95. The Morgan fingerprint density at radius 2 is 1.75 bits per heavy atom. The minimum atomic E-state index is -1.12. The van der Waals surface area contributed by atoms with Gasteiger partial charge in [0.2, 0.25) is 0 Å². The molecule has 1 amide bonds. The van der Waals surface area contributed by atoms with Crippen molar-refractivity contribution in [3.63, 3.8) is 0 Å². The normalized spacial score (nSPS) is 14.2. The summed E-state index contributed by atoms with van der Waals surface area (Å²) in [6, 6.07) is 14.2. The summed E-state index contributed by atoms with van der Waals surface area (Å²) in [7, 11) is 0. The zero-order chi connectivity index (χ0) is 22.7. The van der Waals surface area contributed by atoms with Gasteiger partial charge in [-0.05, 0) is 45.1 Å². The Labute approximate surface area is 198 Å². The number of ether oxygens (including phenoxy) is 2. The molecule has 0 bridgehead atoms. The first kappa shape index (κ1) is 22.4. The number of rotatable bonds is 7. The van der Waals surface area contributed by atoms with Crippen LogP contribution in [0, 0.1) is 0 Å². The van der Waals surface area contributed by atoms with Crippen LogP contribution in [0.3, 0.4) is 0 Å². The van der Waals surface area contributed by atoms with Gasteiger partial charge in [0.25, 0.3) is 0 Å². The van der Waals surface area contributed by atoms with Gasteiger partial charge in [0.15, 0.2) is 6.04 Å². The molecular formula is C23H22BrN3O4S. The molecule has 1 aliphatic carbocycles. The third-order valence-electron chi connectivity index (χ3n) is 5.30. The first-order valence-corrected chi connectivity index (χ1v) is 11.8. The molecule has 1 aromatic heterocycles. The lowest BCUT2D eigenvalue weighted by molar-refractivity contribution is -0.146. The van der Waals surface area contributed by atoms with Gasteiger partial charge in [-0.15, -0.1) is 11.3 Å². The number of nitrogens with zero attached hydrogens (tertiary/aromatic N) is 1. The number of esters is 1. The number of carbonyl (C=O) groups excluding carboxylic acids is 2. The van der Waals surface area contributed by atoms with Crippen LogP contribution in [0.15, 0.2) is 58.5 Å². The number of halogens is 1. The van der Waals surface area contributed by atoms with Gasteiger partial charge in [-0.25, -0.2) is 14.6 Å². The number of fused-ring (bicyclic) bond motifs is 3. The third kappa shape index (κ3) is 4.55. The average molecular weight is 516 g/mol. The Balaban J connectivity index is 1.47. The van der Waals surface area contributed by atoms with Crippen LogP contribution in [0.4, 0.5) is 4.79 Å². The molecule has 0 fully saturated rings. The summed E-state index contributed by atoms with van der Waals surface area (Å²) < 4.78 is 11.3. The molecule has 3 N–H and O–H groups in total. The van der Waals surface area contributed by atoms with Crippen molar-refractivity contribution in [2.24, 2.45) is 5.73 Å². The van der Waals surface area contributed by atoms with E-state index in [0.29, 0.717) is 9.61 Å². The molecule has 7 nitrogen and oxygen atoms in total. The average Bonchev–Trinajstić information content (AvgIpc) is 3.37. The molecule has 0 saturated heterocycles. The van der Waals surface area contributed by atoms with Gasteiger partial charge in [-0.3, -0.25) is 0 Å². The largest absolute Gasteiger partial charge is 0.464 e. The van der Waals surface area contributed by atoms with Gasteiger partial charge in [-0.2, -0.15) is 0 Å². The molecule has 9 heteroatoms. The number of aromatic nitrogens is 1. The lowest BCUT2D eigenvalue weighted by Gasteiger charge is -2.22. The van der Waals surface area contributed by atoms with Crippen molar-refractivity contribution in [3.05, 3.63) is 74.6 Å². The van der Waals surface area contributed by atoms with Crippen molar-refractivity contribution in [1.82, 2.24) is 10.3 Å². The van der Waals surface area contributed by atoms with Crippen LogP contribution >= 0.6 is 27.3 Å². The molecule has 0 unspecified atom stereocenters. The number of thiazole rings is 1. The van der Waals surface area contributed by atoms with Crippen LogP contribution in [0.1, 0.15) is 35.0 Å². The van der Waals surface area contributed by atoms with Gasteiger partial charge in [0.05, 0.1) is 12.6 Å². The van der Waals surface area contributed by atoms with Crippen molar-refractivity contribution in [2.45, 2.75) is 24.9 Å². The number of nitrogens with two attached hydrogens (primary N) is 1. The van der Waals surface area contributed by atoms with E-state index in [1.54, 1.807) is 12.3 Å². The number of carbonyl (C=O) groups is 2. The minimum absolute atomic E-state index is 0.0854. The molecule has 2 aromatic carbocycles. The Morgan fingerprint density at radius 3 is 2.31 bits per heavy atom. The van der Waals surface area contributed by atoms with E-state index in [1.165, 1.54) is 11.3 Å². The van der Waals surface area contributed by atoms with Crippen molar-refractivity contribution in [1.29, 1.82) is 0 Å². The van der Waals surface area contributed by atoms with Crippen LogP contribution in [-0.4, -0.2) is 36.3 Å². The smallest absolute Gasteiger partial charge is 0.407 e. The summed E-state index contributed by atoms with van der Waals surface area (Å²) >= 11 is 4.56. The highest BCUT2D eigenvalue weighted by Gasteiger charge is 2.33. The second-order valence-corrected chi connectivity index (χ2v) is 8.94. The molecule has 0 spiro atoms. The van der Waals surface area contributed by atoms with Crippen molar-refractivity contribution in [2.75, 3.05) is 13.2 Å². The van der Waals surface area contributed by atoms with Gasteiger partial charge < -0.3 is 20.5 Å². The summed E-state index contributed by atoms with van der Waals surface area (Å²) in [5.41, 5.74) is 10.7. The molecule has 4 rings (SSSR count). The highest BCUT2D eigenvalue weighted by Crippen LogP contribution is 2.44. The monoisotopic (exact) mass is 515 g/mol.